The number of carbonyl (C=O) groups is 4. The number of hydrogen-bond donors (Lipinski definition) is 5. The van der Waals surface area contributed by atoms with Crippen LogP contribution in [0, 0.1) is 0 Å². The van der Waals surface area contributed by atoms with Gasteiger partial charge in [0.25, 0.3) is 0 Å². The maximum Gasteiger partial charge on any atom is 0.345 e. The molecule has 0 aliphatic rings. The van der Waals surface area contributed by atoms with Gasteiger partial charge in [-0.15, -0.1) is 0 Å². The van der Waals surface area contributed by atoms with Crippen LogP contribution in [0.4, 0.5) is 10.5 Å². The molecule has 11 nitrogen and oxygen atoms in total. The Morgan fingerprint density at radius 1 is 1.05 bits per heavy atom. The summed E-state index contributed by atoms with van der Waals surface area (Å²) in [5.41, 5.74) is 9.61. The van der Waals surface area contributed by atoms with Crippen LogP contribution in [0.2, 0.25) is 10.0 Å². The summed E-state index contributed by atoms with van der Waals surface area (Å²) in [5.74, 6) is -2.75. The second-order valence-electron chi connectivity index (χ2n) is 8.10. The van der Waals surface area contributed by atoms with E-state index in [1.54, 1.807) is 24.3 Å². The number of ketones is 1. The first-order chi connectivity index (χ1) is 17.4. The fraction of sp³-hybridized carbons (Fsp3) is 0.292. The number of carboxylic acids is 1. The number of aliphatic carboxylic acids is 1. The van der Waals surface area contributed by atoms with E-state index >= 15 is 0 Å². The molecule has 3 amide bonds. The van der Waals surface area contributed by atoms with Crippen LogP contribution in [0.25, 0.3) is 0 Å². The second-order valence-corrected chi connectivity index (χ2v) is 8.91. The van der Waals surface area contributed by atoms with Gasteiger partial charge in [0.05, 0.1) is 10.0 Å². The number of benzene rings is 2. The van der Waals surface area contributed by atoms with Crippen molar-refractivity contribution in [1.82, 2.24) is 10.2 Å². The Hall–Kier alpha value is -3.67. The molecule has 0 saturated heterocycles. The van der Waals surface area contributed by atoms with Crippen LogP contribution < -0.4 is 22.1 Å². The third-order valence-electron chi connectivity index (χ3n) is 5.33. The number of rotatable bonds is 11. The van der Waals surface area contributed by atoms with Gasteiger partial charge in [-0.25, -0.2) is 14.5 Å². The van der Waals surface area contributed by atoms with E-state index in [2.05, 4.69) is 15.6 Å². The summed E-state index contributed by atoms with van der Waals surface area (Å²) in [7, 11) is 0. The zero-order valence-corrected chi connectivity index (χ0v) is 21.8. The van der Waals surface area contributed by atoms with Gasteiger partial charge in [0, 0.05) is 31.3 Å². The van der Waals surface area contributed by atoms with Crippen molar-refractivity contribution in [3.8, 4) is 0 Å². The number of nitrogens with two attached hydrogens (primary N) is 2. The molecule has 0 unspecified atom stereocenters. The molecule has 0 heterocycles. The van der Waals surface area contributed by atoms with Crippen LogP contribution in [0.3, 0.4) is 0 Å². The van der Waals surface area contributed by atoms with Crippen molar-refractivity contribution in [3.05, 3.63) is 63.6 Å². The van der Waals surface area contributed by atoms with Crippen molar-refractivity contribution >= 4 is 58.5 Å². The normalized spacial score (nSPS) is 12.2. The molecule has 0 aliphatic heterocycles. The molecule has 0 fully saturated rings. The number of Topliss-reactive ketones (excluding diaryl/α,β-unsaturated/α-hetero) is 1. The average molecular weight is 551 g/mol. The maximum absolute atomic E-state index is 13.3. The highest BCUT2D eigenvalue weighted by Gasteiger charge is 2.48. The predicted octanol–water partition coefficient (Wildman–Crippen LogP) is 3.20. The molecule has 13 heteroatoms. The van der Waals surface area contributed by atoms with Gasteiger partial charge in [0.2, 0.25) is 11.6 Å². The van der Waals surface area contributed by atoms with E-state index in [0.29, 0.717) is 21.0 Å². The summed E-state index contributed by atoms with van der Waals surface area (Å²) in [6, 6.07) is 9.72. The van der Waals surface area contributed by atoms with E-state index in [1.807, 2.05) is 0 Å². The van der Waals surface area contributed by atoms with Gasteiger partial charge in [-0.3, -0.25) is 19.9 Å². The number of aliphatic imine (C=N–C) groups is 1. The highest BCUT2D eigenvalue weighted by molar-refractivity contribution is 6.42. The van der Waals surface area contributed by atoms with Crippen LogP contribution in [-0.2, 0) is 16.1 Å². The molecule has 0 spiro atoms. The van der Waals surface area contributed by atoms with Gasteiger partial charge in [-0.05, 0) is 49.6 Å². The van der Waals surface area contributed by atoms with E-state index < -0.39 is 23.6 Å². The Bertz CT molecular complexity index is 1220. The number of amides is 3. The molecular formula is C24H28Cl2N6O5. The summed E-state index contributed by atoms with van der Waals surface area (Å²) in [4.78, 5) is 55.0. The molecule has 0 saturated carbocycles. The van der Waals surface area contributed by atoms with Gasteiger partial charge >= 0.3 is 12.0 Å². The largest absolute Gasteiger partial charge is 0.478 e. The molecule has 0 aliphatic carbocycles. The molecule has 0 aromatic heterocycles. The first-order valence-electron chi connectivity index (χ1n) is 11.1. The topological polar surface area (TPSA) is 180 Å². The van der Waals surface area contributed by atoms with E-state index in [9.17, 15) is 24.3 Å². The Labute approximate surface area is 223 Å². The number of halogens is 2. The predicted molar refractivity (Wildman–Crippen MR) is 142 cm³/mol. The monoisotopic (exact) mass is 550 g/mol. The quantitative estimate of drug-likeness (QED) is 0.0928. The zero-order chi connectivity index (χ0) is 27.8. The Morgan fingerprint density at radius 2 is 1.76 bits per heavy atom. The summed E-state index contributed by atoms with van der Waals surface area (Å²) >= 11 is 12.0. The van der Waals surface area contributed by atoms with E-state index in [0.717, 1.165) is 6.92 Å². The Kier molecular flexibility index (Phi) is 10.4. The lowest BCUT2D eigenvalue weighted by Crippen LogP contribution is -2.67. The van der Waals surface area contributed by atoms with Gasteiger partial charge in [-0.1, -0.05) is 41.4 Å². The molecule has 7 N–H and O–H groups in total. The van der Waals surface area contributed by atoms with E-state index in [4.69, 9.17) is 34.7 Å². The third-order valence-corrected chi connectivity index (χ3v) is 6.07. The third kappa shape index (κ3) is 7.91. The minimum absolute atomic E-state index is 0.0554. The smallest absolute Gasteiger partial charge is 0.345 e. The summed E-state index contributed by atoms with van der Waals surface area (Å²) < 4.78 is 0. The number of nitrogens with one attached hydrogen (secondary N) is 2. The Morgan fingerprint density at radius 3 is 2.32 bits per heavy atom. The van der Waals surface area contributed by atoms with Gasteiger partial charge in [-0.2, -0.15) is 0 Å². The summed E-state index contributed by atoms with van der Waals surface area (Å²) in [6.45, 7) is 2.41. The zero-order valence-electron chi connectivity index (χ0n) is 20.3. The fourth-order valence-electron chi connectivity index (χ4n) is 3.58. The second kappa shape index (κ2) is 13.0. The maximum atomic E-state index is 13.3. The molecule has 2 rings (SSSR count). The van der Waals surface area contributed by atoms with Crippen molar-refractivity contribution in [2.45, 2.75) is 38.9 Å². The van der Waals surface area contributed by atoms with Crippen LogP contribution >= 0.6 is 23.2 Å². The lowest BCUT2D eigenvalue weighted by atomic mass is 10.00. The summed E-state index contributed by atoms with van der Waals surface area (Å²) in [6.07, 6.45) is -0.129. The number of anilines is 1. The standard InChI is InChI=1S/C24H28Cl2N6O5/c1-14(33)17-5-3-6-18(12-17)31-23(37)32(15(2)34)24(21(35)36,9-4-10-29-22(27)28)30-13-16-7-8-19(25)20(26)11-16/h3,5-8,11-12,30H,4,9-10,13H2,1-2H3,(H,31,37)(H,35,36)(H4,27,28,29)/t24-/m0/s1. The van der Waals surface area contributed by atoms with Crippen molar-refractivity contribution < 1.29 is 24.3 Å². The number of imide groups is 1. The van der Waals surface area contributed by atoms with E-state index in [1.165, 1.54) is 25.1 Å². The molecule has 2 aromatic carbocycles. The minimum atomic E-state index is -2.20. The molecular weight excluding hydrogens is 523 g/mol. The molecule has 1 atom stereocenters. The van der Waals surface area contributed by atoms with Crippen molar-refractivity contribution in [3.63, 3.8) is 0 Å². The van der Waals surface area contributed by atoms with Crippen molar-refractivity contribution in [2.75, 3.05) is 11.9 Å². The van der Waals surface area contributed by atoms with Crippen LogP contribution in [-0.4, -0.2) is 51.9 Å². The lowest BCUT2D eigenvalue weighted by Gasteiger charge is -2.39. The lowest BCUT2D eigenvalue weighted by molar-refractivity contribution is -0.158. The first-order valence-corrected chi connectivity index (χ1v) is 11.8. The van der Waals surface area contributed by atoms with Crippen molar-refractivity contribution in [1.29, 1.82) is 0 Å². The highest BCUT2D eigenvalue weighted by Crippen LogP contribution is 2.26. The molecule has 2 aromatic rings. The van der Waals surface area contributed by atoms with Crippen LogP contribution in [0.5, 0.6) is 0 Å². The fourth-order valence-corrected chi connectivity index (χ4v) is 3.90. The number of hydrogen-bond acceptors (Lipinski definition) is 6. The number of urea groups is 1. The molecule has 0 radical (unpaired) electrons. The first kappa shape index (κ1) is 29.6. The Balaban J connectivity index is 2.47. The van der Waals surface area contributed by atoms with Crippen LogP contribution in [0.15, 0.2) is 47.5 Å². The number of nitrogens with zero attached hydrogens (tertiary/aromatic N) is 2. The van der Waals surface area contributed by atoms with Gasteiger partial charge < -0.3 is 21.9 Å². The minimum Gasteiger partial charge on any atom is -0.478 e. The van der Waals surface area contributed by atoms with Gasteiger partial charge in [0.15, 0.2) is 11.7 Å². The van der Waals surface area contributed by atoms with E-state index in [-0.39, 0.29) is 48.4 Å². The summed E-state index contributed by atoms with van der Waals surface area (Å²) in [5, 5.41) is 16.3. The number of guanidine groups is 1. The number of carboxylic acid groups (broad SMARTS) is 1. The SMILES string of the molecule is CC(=O)c1cccc(NC(=O)N(C(C)=O)[C@](CCCN=C(N)N)(NCc2ccc(Cl)c(Cl)c2)C(=O)O)c1. The molecule has 37 heavy (non-hydrogen) atoms. The molecule has 0 bridgehead atoms. The van der Waals surface area contributed by atoms with Crippen molar-refractivity contribution in [2.24, 2.45) is 16.5 Å². The molecule has 198 valence electrons. The van der Waals surface area contributed by atoms with Gasteiger partial charge in [0.1, 0.15) is 0 Å². The highest BCUT2D eigenvalue weighted by atomic mass is 35.5. The average Bonchev–Trinajstić information content (AvgIpc) is 2.81. The van der Waals surface area contributed by atoms with Crippen LogP contribution in [0.1, 0.15) is 42.6 Å². The number of carbonyl (C=O) groups excluding carboxylic acids is 3.